The molecule has 2 aliphatic rings. The standard InChI is InChI=1S/C17H20F3NO2/c18-17(19,20)23-15-7-2-1-4-12(15)10-21-16(22)14-9-8-11-5-3-6-13(11)14/h1-2,4,7,11,13-14H,3,5-6,8-10H2,(H,21,22)/t11-,13-,14-/m0/s1. The predicted molar refractivity (Wildman–Crippen MR) is 78.5 cm³/mol. The van der Waals surface area contributed by atoms with Gasteiger partial charge in [0, 0.05) is 18.0 Å². The topological polar surface area (TPSA) is 38.3 Å². The minimum atomic E-state index is -4.73. The highest BCUT2D eigenvalue weighted by molar-refractivity contribution is 5.79. The van der Waals surface area contributed by atoms with E-state index in [4.69, 9.17) is 0 Å². The van der Waals surface area contributed by atoms with Crippen molar-refractivity contribution in [3.8, 4) is 5.75 Å². The number of nitrogens with one attached hydrogen (secondary N) is 1. The zero-order chi connectivity index (χ0) is 16.4. The minimum Gasteiger partial charge on any atom is -0.405 e. The van der Waals surface area contributed by atoms with E-state index in [2.05, 4.69) is 10.1 Å². The van der Waals surface area contributed by atoms with Crippen LogP contribution in [0.5, 0.6) is 5.75 Å². The number of carbonyl (C=O) groups is 1. The summed E-state index contributed by atoms with van der Waals surface area (Å²) in [6.07, 6.45) is 0.732. The number of amides is 1. The zero-order valence-corrected chi connectivity index (χ0v) is 12.7. The first-order valence-corrected chi connectivity index (χ1v) is 8.05. The van der Waals surface area contributed by atoms with Gasteiger partial charge in [0.15, 0.2) is 0 Å². The fraction of sp³-hybridized carbons (Fsp3) is 0.588. The summed E-state index contributed by atoms with van der Waals surface area (Å²) in [5.41, 5.74) is 0.333. The molecule has 1 N–H and O–H groups in total. The Labute approximate surface area is 133 Å². The molecule has 1 aromatic carbocycles. The largest absolute Gasteiger partial charge is 0.573 e. The number of hydrogen-bond acceptors (Lipinski definition) is 2. The van der Waals surface area contributed by atoms with Gasteiger partial charge in [-0.05, 0) is 37.2 Å². The maximum atomic E-state index is 12.4. The molecule has 3 rings (SSSR count). The van der Waals surface area contributed by atoms with Crippen molar-refractivity contribution in [2.24, 2.45) is 17.8 Å². The third kappa shape index (κ3) is 3.79. The monoisotopic (exact) mass is 327 g/mol. The van der Waals surface area contributed by atoms with Crippen LogP contribution in [0.3, 0.4) is 0 Å². The number of halogens is 3. The van der Waals surface area contributed by atoms with Gasteiger partial charge in [-0.25, -0.2) is 0 Å². The minimum absolute atomic E-state index is 0.0122. The van der Waals surface area contributed by atoms with Crippen molar-refractivity contribution < 1.29 is 22.7 Å². The van der Waals surface area contributed by atoms with Gasteiger partial charge in [-0.3, -0.25) is 4.79 Å². The predicted octanol–water partition coefficient (Wildman–Crippen LogP) is 4.03. The van der Waals surface area contributed by atoms with Gasteiger partial charge in [-0.1, -0.05) is 31.0 Å². The van der Waals surface area contributed by atoms with Gasteiger partial charge in [0.1, 0.15) is 5.75 Å². The molecule has 2 fully saturated rings. The molecule has 3 nitrogen and oxygen atoms in total. The number of rotatable bonds is 4. The van der Waals surface area contributed by atoms with E-state index >= 15 is 0 Å². The molecule has 0 bridgehead atoms. The highest BCUT2D eigenvalue weighted by atomic mass is 19.4. The maximum absolute atomic E-state index is 12.4. The first-order valence-electron chi connectivity index (χ1n) is 8.05. The van der Waals surface area contributed by atoms with Crippen molar-refractivity contribution in [2.45, 2.75) is 45.0 Å². The number of carbonyl (C=O) groups excluding carboxylic acids is 1. The van der Waals surface area contributed by atoms with Crippen LogP contribution in [0, 0.1) is 17.8 Å². The number of alkyl halides is 3. The van der Waals surface area contributed by atoms with Gasteiger partial charge in [-0.15, -0.1) is 13.2 Å². The third-order valence-corrected chi connectivity index (χ3v) is 5.07. The molecule has 0 spiro atoms. The summed E-state index contributed by atoms with van der Waals surface area (Å²) in [4.78, 5) is 12.4. The van der Waals surface area contributed by atoms with Gasteiger partial charge in [0.2, 0.25) is 5.91 Å². The smallest absolute Gasteiger partial charge is 0.405 e. The van der Waals surface area contributed by atoms with Crippen LogP contribution < -0.4 is 10.1 Å². The quantitative estimate of drug-likeness (QED) is 0.907. The fourth-order valence-corrected chi connectivity index (χ4v) is 4.07. The lowest BCUT2D eigenvalue weighted by molar-refractivity contribution is -0.274. The molecule has 0 aliphatic heterocycles. The van der Waals surface area contributed by atoms with Crippen molar-refractivity contribution in [2.75, 3.05) is 0 Å². The summed E-state index contributed by atoms with van der Waals surface area (Å²) in [6, 6.07) is 5.91. The van der Waals surface area contributed by atoms with Gasteiger partial charge < -0.3 is 10.1 Å². The molecule has 3 atom stereocenters. The summed E-state index contributed by atoms with van der Waals surface area (Å²) in [6.45, 7) is 0.0545. The van der Waals surface area contributed by atoms with E-state index in [-0.39, 0.29) is 24.1 Å². The van der Waals surface area contributed by atoms with Crippen molar-refractivity contribution >= 4 is 5.91 Å². The van der Waals surface area contributed by atoms with Crippen LogP contribution in [-0.2, 0) is 11.3 Å². The second-order valence-corrected chi connectivity index (χ2v) is 6.41. The Balaban J connectivity index is 1.61. The van der Waals surface area contributed by atoms with E-state index in [9.17, 15) is 18.0 Å². The Morgan fingerprint density at radius 3 is 2.74 bits per heavy atom. The molecule has 0 radical (unpaired) electrons. The van der Waals surface area contributed by atoms with Crippen LogP contribution >= 0.6 is 0 Å². The van der Waals surface area contributed by atoms with Gasteiger partial charge >= 0.3 is 6.36 Å². The Morgan fingerprint density at radius 1 is 1.17 bits per heavy atom. The third-order valence-electron chi connectivity index (χ3n) is 5.07. The van der Waals surface area contributed by atoms with E-state index in [0.717, 1.165) is 19.3 Å². The lowest BCUT2D eigenvalue weighted by Gasteiger charge is -2.19. The molecule has 1 amide bonds. The van der Waals surface area contributed by atoms with Crippen LogP contribution in [0.15, 0.2) is 24.3 Å². The Kier molecular flexibility index (Phi) is 4.50. The lowest BCUT2D eigenvalue weighted by atomic mass is 9.91. The molecule has 0 heterocycles. The van der Waals surface area contributed by atoms with Crippen LogP contribution in [0.25, 0.3) is 0 Å². The summed E-state index contributed by atoms with van der Waals surface area (Å²) in [5.74, 6) is 0.827. The van der Waals surface area contributed by atoms with Crippen LogP contribution in [0.1, 0.15) is 37.7 Å². The number of ether oxygens (including phenoxy) is 1. The molecule has 126 valence electrons. The average Bonchev–Trinajstić information content (AvgIpc) is 3.07. The Hall–Kier alpha value is -1.72. The van der Waals surface area contributed by atoms with Gasteiger partial charge in [0.25, 0.3) is 0 Å². The fourth-order valence-electron chi connectivity index (χ4n) is 4.07. The molecular weight excluding hydrogens is 307 g/mol. The molecule has 2 saturated carbocycles. The summed E-state index contributed by atoms with van der Waals surface area (Å²) < 4.78 is 41.2. The second-order valence-electron chi connectivity index (χ2n) is 6.41. The highest BCUT2D eigenvalue weighted by Gasteiger charge is 2.42. The average molecular weight is 327 g/mol. The highest BCUT2D eigenvalue weighted by Crippen LogP contribution is 2.47. The molecule has 23 heavy (non-hydrogen) atoms. The van der Waals surface area contributed by atoms with Crippen molar-refractivity contribution in [1.82, 2.24) is 5.32 Å². The van der Waals surface area contributed by atoms with Crippen LogP contribution in [0.2, 0.25) is 0 Å². The number of benzene rings is 1. The molecule has 0 aromatic heterocycles. The lowest BCUT2D eigenvalue weighted by Crippen LogP contribution is -2.32. The van der Waals surface area contributed by atoms with Gasteiger partial charge in [-0.2, -0.15) is 0 Å². The molecular formula is C17H20F3NO2. The number of para-hydroxylation sites is 1. The van der Waals surface area contributed by atoms with Crippen LogP contribution in [-0.4, -0.2) is 12.3 Å². The maximum Gasteiger partial charge on any atom is 0.573 e. The van der Waals surface area contributed by atoms with E-state index < -0.39 is 6.36 Å². The van der Waals surface area contributed by atoms with E-state index in [1.165, 1.54) is 31.0 Å². The molecule has 6 heteroatoms. The van der Waals surface area contributed by atoms with E-state index in [1.807, 2.05) is 0 Å². The van der Waals surface area contributed by atoms with Crippen molar-refractivity contribution in [1.29, 1.82) is 0 Å². The number of fused-ring (bicyclic) bond motifs is 1. The zero-order valence-electron chi connectivity index (χ0n) is 12.7. The van der Waals surface area contributed by atoms with Crippen molar-refractivity contribution in [3.05, 3.63) is 29.8 Å². The van der Waals surface area contributed by atoms with Crippen LogP contribution in [0.4, 0.5) is 13.2 Å². The molecule has 0 saturated heterocycles. The van der Waals surface area contributed by atoms with E-state index in [0.29, 0.717) is 17.4 Å². The Morgan fingerprint density at radius 2 is 1.96 bits per heavy atom. The molecule has 0 unspecified atom stereocenters. The first kappa shape index (κ1) is 16.1. The molecule has 2 aliphatic carbocycles. The summed E-state index contributed by atoms with van der Waals surface area (Å²) >= 11 is 0. The Bertz CT molecular complexity index is 573. The molecule has 1 aromatic rings. The second kappa shape index (κ2) is 6.42. The first-order chi connectivity index (χ1) is 10.9. The SMILES string of the molecule is O=C(NCc1ccccc1OC(F)(F)F)[C@H]1CC[C@@H]2CCC[C@@H]21. The van der Waals surface area contributed by atoms with Crippen molar-refractivity contribution in [3.63, 3.8) is 0 Å². The van der Waals surface area contributed by atoms with Gasteiger partial charge in [0.05, 0.1) is 0 Å². The number of hydrogen-bond donors (Lipinski definition) is 1. The normalized spacial score (nSPS) is 26.8. The van der Waals surface area contributed by atoms with E-state index in [1.54, 1.807) is 6.07 Å². The summed E-state index contributed by atoms with van der Waals surface area (Å²) in [5, 5.41) is 2.79. The summed E-state index contributed by atoms with van der Waals surface area (Å²) in [7, 11) is 0.